The lowest BCUT2D eigenvalue weighted by Crippen LogP contribution is -2.32. The maximum atomic E-state index is 12.7. The standard InChI is InChI=1S/C16H18F2N4O2S/c1-16(2,3)12-13(23)22(15(25-4)21-20-12)19-9-10-7-5-6-8-11(10)24-14(17)18/h5-9,14H,1-4H3/b19-9-. The highest BCUT2D eigenvalue weighted by Crippen LogP contribution is 2.20. The van der Waals surface area contributed by atoms with E-state index in [1.165, 1.54) is 24.0 Å². The second-order valence-corrected chi connectivity index (χ2v) is 6.84. The SMILES string of the molecule is CSc1nnc(C(C)(C)C)c(=O)n1/N=C\c1ccccc1OC(F)F. The average Bonchev–Trinajstić information content (AvgIpc) is 2.53. The van der Waals surface area contributed by atoms with Crippen LogP contribution >= 0.6 is 11.8 Å². The molecule has 0 saturated carbocycles. The molecule has 0 spiro atoms. The molecule has 0 fully saturated rings. The van der Waals surface area contributed by atoms with Crippen LogP contribution in [0.4, 0.5) is 8.78 Å². The lowest BCUT2D eigenvalue weighted by atomic mass is 9.93. The maximum absolute atomic E-state index is 12.7. The van der Waals surface area contributed by atoms with E-state index in [9.17, 15) is 13.6 Å². The number of benzene rings is 1. The Balaban J connectivity index is 2.50. The molecule has 2 aromatic rings. The van der Waals surface area contributed by atoms with E-state index in [4.69, 9.17) is 0 Å². The summed E-state index contributed by atoms with van der Waals surface area (Å²) < 4.78 is 30.5. The highest BCUT2D eigenvalue weighted by Gasteiger charge is 2.23. The van der Waals surface area contributed by atoms with Crippen molar-refractivity contribution >= 4 is 18.0 Å². The van der Waals surface area contributed by atoms with Crippen molar-refractivity contribution in [2.24, 2.45) is 5.10 Å². The molecule has 9 heteroatoms. The van der Waals surface area contributed by atoms with Crippen LogP contribution in [0.1, 0.15) is 32.0 Å². The summed E-state index contributed by atoms with van der Waals surface area (Å²) in [5.74, 6) is -0.0296. The van der Waals surface area contributed by atoms with Crippen LogP contribution in [-0.4, -0.2) is 34.0 Å². The van der Waals surface area contributed by atoms with Crippen LogP contribution in [0.15, 0.2) is 39.3 Å². The first kappa shape index (κ1) is 19.0. The number of halogens is 2. The van der Waals surface area contributed by atoms with Crippen LogP contribution in [0.2, 0.25) is 0 Å². The third-order valence-electron chi connectivity index (χ3n) is 3.15. The van der Waals surface area contributed by atoms with E-state index in [0.717, 1.165) is 4.68 Å². The molecule has 134 valence electrons. The van der Waals surface area contributed by atoms with Crippen molar-refractivity contribution < 1.29 is 13.5 Å². The van der Waals surface area contributed by atoms with Crippen LogP contribution in [0, 0.1) is 0 Å². The number of alkyl halides is 2. The second-order valence-electron chi connectivity index (χ2n) is 6.06. The number of para-hydroxylation sites is 1. The average molecular weight is 368 g/mol. The molecule has 0 amide bonds. The van der Waals surface area contributed by atoms with Crippen molar-refractivity contribution in [3.05, 3.63) is 45.9 Å². The third kappa shape index (κ3) is 4.62. The fraction of sp³-hybridized carbons (Fsp3) is 0.375. The van der Waals surface area contributed by atoms with Gasteiger partial charge in [-0.05, 0) is 18.4 Å². The maximum Gasteiger partial charge on any atom is 0.387 e. The summed E-state index contributed by atoms with van der Waals surface area (Å²) >= 11 is 1.20. The van der Waals surface area contributed by atoms with E-state index in [1.54, 1.807) is 24.5 Å². The van der Waals surface area contributed by atoms with Gasteiger partial charge in [-0.1, -0.05) is 44.7 Å². The van der Waals surface area contributed by atoms with E-state index in [2.05, 4.69) is 20.0 Å². The first-order valence-corrected chi connectivity index (χ1v) is 8.59. The van der Waals surface area contributed by atoms with E-state index in [0.29, 0.717) is 10.7 Å². The Hall–Kier alpha value is -2.29. The van der Waals surface area contributed by atoms with Crippen molar-refractivity contribution in [3.63, 3.8) is 0 Å². The summed E-state index contributed by atoms with van der Waals surface area (Å²) in [6.07, 6.45) is 3.02. The van der Waals surface area contributed by atoms with Gasteiger partial charge in [-0.2, -0.15) is 18.6 Å². The summed E-state index contributed by atoms with van der Waals surface area (Å²) in [4.78, 5) is 12.7. The molecule has 6 nitrogen and oxygen atoms in total. The van der Waals surface area contributed by atoms with Gasteiger partial charge in [0.25, 0.3) is 5.56 Å². The summed E-state index contributed by atoms with van der Waals surface area (Å²) in [7, 11) is 0. The molecule has 0 unspecified atom stereocenters. The van der Waals surface area contributed by atoms with Gasteiger partial charge in [-0.15, -0.1) is 10.2 Å². The molecule has 1 aromatic carbocycles. The highest BCUT2D eigenvalue weighted by atomic mass is 32.2. The number of ether oxygens (including phenoxy) is 1. The molecular weight excluding hydrogens is 350 g/mol. The van der Waals surface area contributed by atoms with E-state index in [-0.39, 0.29) is 11.4 Å². The van der Waals surface area contributed by atoms with Crippen molar-refractivity contribution in [1.29, 1.82) is 0 Å². The van der Waals surface area contributed by atoms with E-state index in [1.807, 2.05) is 20.8 Å². The lowest BCUT2D eigenvalue weighted by Gasteiger charge is -2.16. The fourth-order valence-electron chi connectivity index (χ4n) is 1.98. The molecule has 2 rings (SSSR count). The van der Waals surface area contributed by atoms with E-state index < -0.39 is 17.6 Å². The molecule has 0 radical (unpaired) electrons. The summed E-state index contributed by atoms with van der Waals surface area (Å²) in [5, 5.41) is 12.4. The molecule has 0 aliphatic heterocycles. The van der Waals surface area contributed by atoms with Crippen molar-refractivity contribution in [3.8, 4) is 5.75 Å². The second kappa shape index (κ2) is 7.73. The Bertz CT molecular complexity index is 832. The van der Waals surface area contributed by atoms with Crippen LogP contribution < -0.4 is 10.3 Å². The van der Waals surface area contributed by atoms with Crippen molar-refractivity contribution in [2.45, 2.75) is 38.0 Å². The molecular formula is C16H18F2N4O2S. The van der Waals surface area contributed by atoms with Gasteiger partial charge in [0, 0.05) is 11.0 Å². The topological polar surface area (TPSA) is 69.4 Å². The van der Waals surface area contributed by atoms with Crippen LogP contribution in [0.25, 0.3) is 0 Å². The zero-order valence-electron chi connectivity index (χ0n) is 14.2. The van der Waals surface area contributed by atoms with Crippen LogP contribution in [0.3, 0.4) is 0 Å². The van der Waals surface area contributed by atoms with Gasteiger partial charge in [-0.3, -0.25) is 4.79 Å². The molecule has 0 saturated heterocycles. The smallest absolute Gasteiger partial charge is 0.387 e. The zero-order chi connectivity index (χ0) is 18.6. The van der Waals surface area contributed by atoms with Crippen molar-refractivity contribution in [1.82, 2.24) is 14.9 Å². The van der Waals surface area contributed by atoms with Crippen LogP contribution in [-0.2, 0) is 5.41 Å². The quantitative estimate of drug-likeness (QED) is 0.599. The number of thioether (sulfide) groups is 1. The third-order valence-corrected chi connectivity index (χ3v) is 3.77. The van der Waals surface area contributed by atoms with Gasteiger partial charge in [0.1, 0.15) is 11.4 Å². The van der Waals surface area contributed by atoms with Gasteiger partial charge in [0.2, 0.25) is 5.16 Å². The zero-order valence-corrected chi connectivity index (χ0v) is 15.1. The van der Waals surface area contributed by atoms with Crippen LogP contribution in [0.5, 0.6) is 5.75 Å². The number of nitrogens with zero attached hydrogens (tertiary/aromatic N) is 4. The largest absolute Gasteiger partial charge is 0.434 e. The minimum absolute atomic E-state index is 0.0296. The molecule has 0 bridgehead atoms. The first-order chi connectivity index (χ1) is 11.7. The van der Waals surface area contributed by atoms with Gasteiger partial charge < -0.3 is 4.74 Å². The lowest BCUT2D eigenvalue weighted by molar-refractivity contribution is -0.0499. The molecule has 0 aliphatic rings. The van der Waals surface area contributed by atoms with Gasteiger partial charge in [0.15, 0.2) is 0 Å². The van der Waals surface area contributed by atoms with Crippen molar-refractivity contribution in [2.75, 3.05) is 6.26 Å². The number of hydrogen-bond acceptors (Lipinski definition) is 6. The summed E-state index contributed by atoms with van der Waals surface area (Å²) in [5.41, 5.74) is -0.333. The molecule has 1 aromatic heterocycles. The monoisotopic (exact) mass is 368 g/mol. The van der Waals surface area contributed by atoms with Gasteiger partial charge in [0.05, 0.1) is 6.21 Å². The minimum atomic E-state index is -2.95. The van der Waals surface area contributed by atoms with Gasteiger partial charge in [-0.25, -0.2) is 0 Å². The summed E-state index contributed by atoms with van der Waals surface area (Å²) in [6, 6.07) is 6.19. The number of hydrogen-bond donors (Lipinski definition) is 0. The Morgan fingerprint density at radius 2 is 1.96 bits per heavy atom. The number of rotatable bonds is 5. The number of aromatic nitrogens is 3. The Labute approximate surface area is 147 Å². The molecule has 1 heterocycles. The Kier molecular flexibility index (Phi) is 5.89. The minimum Gasteiger partial charge on any atom is -0.434 e. The molecule has 0 N–H and O–H groups in total. The summed E-state index contributed by atoms with van der Waals surface area (Å²) in [6.45, 7) is 2.58. The Morgan fingerprint density at radius 3 is 2.56 bits per heavy atom. The predicted molar refractivity (Wildman–Crippen MR) is 92.8 cm³/mol. The van der Waals surface area contributed by atoms with E-state index >= 15 is 0 Å². The fourth-order valence-corrected chi connectivity index (χ4v) is 2.40. The molecule has 0 atom stereocenters. The molecule has 0 aliphatic carbocycles. The van der Waals surface area contributed by atoms with Gasteiger partial charge >= 0.3 is 6.61 Å². The normalized spacial score (nSPS) is 12.1. The predicted octanol–water partition coefficient (Wildman–Crippen LogP) is 3.14. The molecule has 25 heavy (non-hydrogen) atoms. The first-order valence-electron chi connectivity index (χ1n) is 7.36. The Morgan fingerprint density at radius 1 is 1.28 bits per heavy atom. The highest BCUT2D eigenvalue weighted by molar-refractivity contribution is 7.98.